The molecule has 0 radical (unpaired) electrons. The van der Waals surface area contributed by atoms with Gasteiger partial charge in [-0.05, 0) is 12.8 Å². The smallest absolute Gasteiger partial charge is 0.349 e. The van der Waals surface area contributed by atoms with Crippen LogP contribution in [0.4, 0.5) is 0 Å². The first-order valence-corrected chi connectivity index (χ1v) is 6.05. The molecular weight excluding hydrogens is 258 g/mol. The molecule has 18 heavy (non-hydrogen) atoms. The molecule has 5 unspecified atom stereocenters. The van der Waals surface area contributed by atoms with E-state index in [1.165, 1.54) is 0 Å². The zero-order chi connectivity index (χ0) is 13.1. The number of hydrogen-bond acceptors (Lipinski definition) is 5. The highest BCUT2D eigenvalue weighted by atomic mass is 35.5. The zero-order valence-electron chi connectivity index (χ0n) is 9.39. The summed E-state index contributed by atoms with van der Waals surface area (Å²) in [6.45, 7) is 3.30. The molecule has 6 heteroatoms. The van der Waals surface area contributed by atoms with Crippen LogP contribution in [0.3, 0.4) is 0 Å². The number of carbonyl (C=O) groups is 2. The maximum atomic E-state index is 11.8. The predicted octanol–water partition coefficient (Wildman–Crippen LogP) is 1.13. The molecule has 1 heterocycles. The summed E-state index contributed by atoms with van der Waals surface area (Å²) in [6, 6.07) is 2.09. The minimum absolute atomic E-state index is 0.00827. The number of esters is 2. The third-order valence-corrected chi connectivity index (χ3v) is 4.38. The molecule has 0 aromatic carbocycles. The normalized spacial score (nSPS) is 43.4. The first-order valence-electron chi connectivity index (χ1n) is 5.67. The number of halogens is 1. The molecule has 3 fully saturated rings. The maximum absolute atomic E-state index is 11.8. The number of rotatable bonds is 2. The molecule has 94 valence electrons. The zero-order valence-corrected chi connectivity index (χ0v) is 10.1. The van der Waals surface area contributed by atoms with Gasteiger partial charge >= 0.3 is 11.9 Å². The van der Waals surface area contributed by atoms with Gasteiger partial charge in [-0.25, -0.2) is 4.79 Å². The fourth-order valence-corrected chi connectivity index (χ4v) is 3.52. The Balaban J connectivity index is 1.85. The average molecular weight is 268 g/mol. The van der Waals surface area contributed by atoms with E-state index in [4.69, 9.17) is 21.1 Å². The maximum Gasteiger partial charge on any atom is 0.349 e. The van der Waals surface area contributed by atoms with Crippen LogP contribution >= 0.6 is 11.6 Å². The second kappa shape index (κ2) is 3.48. The molecule has 1 saturated heterocycles. The third kappa shape index (κ3) is 1.21. The van der Waals surface area contributed by atoms with Crippen molar-refractivity contribution in [1.82, 2.24) is 0 Å². The van der Waals surface area contributed by atoms with Gasteiger partial charge in [0.15, 0.2) is 5.41 Å². The molecule has 1 aliphatic heterocycles. The van der Waals surface area contributed by atoms with Crippen molar-refractivity contribution in [2.24, 2.45) is 17.3 Å². The molecule has 3 aliphatic rings. The number of nitriles is 1. The molecule has 0 aromatic rings. The molecule has 0 N–H and O–H groups in total. The monoisotopic (exact) mass is 267 g/mol. The lowest BCUT2D eigenvalue weighted by molar-refractivity contribution is -0.157. The number of hydrogen-bond donors (Lipinski definition) is 0. The van der Waals surface area contributed by atoms with Crippen molar-refractivity contribution in [3.8, 4) is 6.07 Å². The molecule has 5 atom stereocenters. The Kier molecular flexibility index (Phi) is 2.23. The van der Waals surface area contributed by atoms with E-state index in [2.05, 4.69) is 12.6 Å². The molecule has 0 aromatic heterocycles. The van der Waals surface area contributed by atoms with Gasteiger partial charge in [0.25, 0.3) is 0 Å². The average Bonchev–Trinajstić information content (AvgIpc) is 2.90. The molecular formula is C12H10ClNO4. The summed E-state index contributed by atoms with van der Waals surface area (Å²) in [4.78, 5) is 23.2. The molecule has 0 spiro atoms. The van der Waals surface area contributed by atoms with Crippen LogP contribution in [0.2, 0.25) is 0 Å². The van der Waals surface area contributed by atoms with Crippen molar-refractivity contribution in [3.63, 3.8) is 0 Å². The lowest BCUT2D eigenvalue weighted by Gasteiger charge is -2.27. The van der Waals surface area contributed by atoms with Gasteiger partial charge in [0, 0.05) is 11.8 Å². The molecule has 2 aliphatic carbocycles. The van der Waals surface area contributed by atoms with Gasteiger partial charge in [-0.2, -0.15) is 5.26 Å². The first-order chi connectivity index (χ1) is 8.49. The van der Waals surface area contributed by atoms with E-state index >= 15 is 0 Å². The Morgan fingerprint density at radius 3 is 3.00 bits per heavy atom. The number of nitrogens with zero attached hydrogens (tertiary/aromatic N) is 1. The van der Waals surface area contributed by atoms with Crippen molar-refractivity contribution >= 4 is 23.5 Å². The molecule has 5 nitrogen and oxygen atoms in total. The van der Waals surface area contributed by atoms with E-state index in [1.54, 1.807) is 0 Å². The van der Waals surface area contributed by atoms with E-state index in [0.29, 0.717) is 12.8 Å². The van der Waals surface area contributed by atoms with Crippen molar-refractivity contribution in [2.75, 3.05) is 0 Å². The first kappa shape index (κ1) is 11.5. The summed E-state index contributed by atoms with van der Waals surface area (Å²) >= 11 is 5.46. The van der Waals surface area contributed by atoms with Crippen molar-refractivity contribution in [3.05, 3.63) is 11.6 Å². The Bertz CT molecular complexity index is 511. The van der Waals surface area contributed by atoms with Crippen molar-refractivity contribution < 1.29 is 19.1 Å². The lowest BCUT2D eigenvalue weighted by atomic mass is 9.75. The van der Waals surface area contributed by atoms with Crippen LogP contribution < -0.4 is 0 Å². The van der Waals surface area contributed by atoms with Crippen LogP contribution in [0.25, 0.3) is 0 Å². The molecule has 0 amide bonds. The SMILES string of the molecule is C=C(Cl)C(=O)OC1C2CC3C1OC(=O)C3(C#N)C2. The van der Waals surface area contributed by atoms with Crippen LogP contribution in [0.1, 0.15) is 12.8 Å². The van der Waals surface area contributed by atoms with Gasteiger partial charge in [-0.1, -0.05) is 18.2 Å². The molecule has 2 bridgehead atoms. The van der Waals surface area contributed by atoms with E-state index in [1.807, 2.05) is 0 Å². The van der Waals surface area contributed by atoms with E-state index in [0.717, 1.165) is 0 Å². The number of ether oxygens (including phenoxy) is 2. The van der Waals surface area contributed by atoms with Crippen LogP contribution in [0, 0.1) is 28.6 Å². The highest BCUT2D eigenvalue weighted by Crippen LogP contribution is 2.62. The van der Waals surface area contributed by atoms with Gasteiger partial charge in [-0.3, -0.25) is 4.79 Å². The largest absolute Gasteiger partial charge is 0.457 e. The van der Waals surface area contributed by atoms with Crippen LogP contribution in [0.5, 0.6) is 0 Å². The summed E-state index contributed by atoms with van der Waals surface area (Å²) in [7, 11) is 0. The van der Waals surface area contributed by atoms with Crippen LogP contribution in [-0.4, -0.2) is 24.1 Å². The molecule has 2 saturated carbocycles. The Labute approximate surface area is 108 Å². The number of carbonyl (C=O) groups excluding carboxylic acids is 2. The minimum Gasteiger partial charge on any atom is -0.457 e. The van der Waals surface area contributed by atoms with Crippen molar-refractivity contribution in [2.45, 2.75) is 25.0 Å². The van der Waals surface area contributed by atoms with Gasteiger partial charge in [-0.15, -0.1) is 0 Å². The highest BCUT2D eigenvalue weighted by molar-refractivity contribution is 6.40. The Morgan fingerprint density at radius 2 is 2.39 bits per heavy atom. The van der Waals surface area contributed by atoms with E-state index in [9.17, 15) is 14.9 Å². The minimum atomic E-state index is -1.02. The fourth-order valence-electron chi connectivity index (χ4n) is 3.48. The van der Waals surface area contributed by atoms with Crippen molar-refractivity contribution in [1.29, 1.82) is 5.26 Å². The Hall–Kier alpha value is -1.54. The van der Waals surface area contributed by atoms with E-state index in [-0.39, 0.29) is 16.9 Å². The summed E-state index contributed by atoms with van der Waals surface area (Å²) in [5, 5.41) is 9.00. The summed E-state index contributed by atoms with van der Waals surface area (Å²) < 4.78 is 10.4. The van der Waals surface area contributed by atoms with Gasteiger partial charge in [0.05, 0.1) is 6.07 Å². The summed E-state index contributed by atoms with van der Waals surface area (Å²) in [6.07, 6.45) is 0.0779. The third-order valence-electron chi connectivity index (χ3n) is 4.23. The summed E-state index contributed by atoms with van der Waals surface area (Å²) in [5.41, 5.74) is -1.02. The van der Waals surface area contributed by atoms with Crippen LogP contribution in [-0.2, 0) is 19.1 Å². The van der Waals surface area contributed by atoms with Gasteiger partial charge in [0.1, 0.15) is 17.2 Å². The Morgan fingerprint density at radius 1 is 1.67 bits per heavy atom. The lowest BCUT2D eigenvalue weighted by Crippen LogP contribution is -2.39. The number of fused-ring (bicyclic) bond motifs is 1. The molecule has 3 rings (SSSR count). The standard InChI is InChI=1S/C12H10ClNO4/c1-5(13)10(15)17-8-6-2-7-9(8)18-11(16)12(7,3-6)4-14/h6-9H,1-3H2. The topological polar surface area (TPSA) is 76.4 Å². The van der Waals surface area contributed by atoms with E-state index < -0.39 is 29.6 Å². The van der Waals surface area contributed by atoms with Gasteiger partial charge < -0.3 is 9.47 Å². The van der Waals surface area contributed by atoms with Crippen LogP contribution in [0.15, 0.2) is 11.6 Å². The summed E-state index contributed by atoms with van der Waals surface area (Å²) in [5.74, 6) is -1.35. The predicted molar refractivity (Wildman–Crippen MR) is 59.0 cm³/mol. The highest BCUT2D eigenvalue weighted by Gasteiger charge is 2.72. The second-order valence-electron chi connectivity index (χ2n) is 5.03. The van der Waals surface area contributed by atoms with Gasteiger partial charge in [0.2, 0.25) is 0 Å². The fraction of sp³-hybridized carbons (Fsp3) is 0.583. The quantitative estimate of drug-likeness (QED) is 0.554. The second-order valence-corrected chi connectivity index (χ2v) is 5.49.